The van der Waals surface area contributed by atoms with Gasteiger partial charge in [-0.1, -0.05) is 36.6 Å². The van der Waals surface area contributed by atoms with Gasteiger partial charge in [-0.25, -0.2) is 0 Å². The Morgan fingerprint density at radius 3 is 2.65 bits per heavy atom. The van der Waals surface area contributed by atoms with Crippen LogP contribution in [-0.4, -0.2) is 35.0 Å². The standard InChI is InChI=1S/C17H28N2O/c20-18-16-9-3-1-2-4-10-17(16)19-12-11-14-7-5-6-8-15(14)13-19/h1-2,14-15,17,20H,3-13H2/b2-1?,18-16-/t14-,15+,17-/m0/s1. The first-order chi connectivity index (χ1) is 9.88. The van der Waals surface area contributed by atoms with Crippen molar-refractivity contribution in [1.82, 2.24) is 4.90 Å². The van der Waals surface area contributed by atoms with E-state index in [4.69, 9.17) is 0 Å². The lowest BCUT2D eigenvalue weighted by molar-refractivity contribution is 0.0709. The van der Waals surface area contributed by atoms with Gasteiger partial charge in [-0.05, 0) is 56.9 Å². The molecular weight excluding hydrogens is 248 g/mol. The lowest BCUT2D eigenvalue weighted by atomic mass is 9.74. The average molecular weight is 276 g/mol. The van der Waals surface area contributed by atoms with Crippen molar-refractivity contribution in [2.24, 2.45) is 17.0 Å². The number of piperidine rings is 1. The molecule has 3 atom stereocenters. The molecule has 0 radical (unpaired) electrons. The van der Waals surface area contributed by atoms with Crippen molar-refractivity contribution in [2.45, 2.75) is 63.8 Å². The van der Waals surface area contributed by atoms with Crippen LogP contribution in [0.5, 0.6) is 0 Å². The molecule has 2 aliphatic carbocycles. The first kappa shape index (κ1) is 14.1. The molecule has 0 aromatic heterocycles. The zero-order valence-corrected chi connectivity index (χ0v) is 12.5. The summed E-state index contributed by atoms with van der Waals surface area (Å²) in [5.41, 5.74) is 1.02. The minimum Gasteiger partial charge on any atom is -0.411 e. The Bertz CT molecular complexity index is 377. The van der Waals surface area contributed by atoms with Gasteiger partial charge in [0.25, 0.3) is 0 Å². The van der Waals surface area contributed by atoms with Crippen molar-refractivity contribution < 1.29 is 5.21 Å². The quantitative estimate of drug-likeness (QED) is 0.449. The van der Waals surface area contributed by atoms with Crippen LogP contribution in [0.15, 0.2) is 17.3 Å². The summed E-state index contributed by atoms with van der Waals surface area (Å²) >= 11 is 0. The molecule has 3 aliphatic rings. The van der Waals surface area contributed by atoms with E-state index in [1.807, 2.05) is 0 Å². The molecule has 1 saturated heterocycles. The maximum atomic E-state index is 9.38. The maximum Gasteiger partial charge on any atom is 0.0745 e. The van der Waals surface area contributed by atoms with Crippen LogP contribution in [0.3, 0.4) is 0 Å². The van der Waals surface area contributed by atoms with E-state index in [0.29, 0.717) is 6.04 Å². The summed E-state index contributed by atoms with van der Waals surface area (Å²) in [5.74, 6) is 1.88. The van der Waals surface area contributed by atoms with Crippen LogP contribution >= 0.6 is 0 Å². The predicted octanol–water partition coefficient (Wildman–Crippen LogP) is 3.83. The molecule has 2 fully saturated rings. The van der Waals surface area contributed by atoms with Gasteiger partial charge >= 0.3 is 0 Å². The number of nitrogens with zero attached hydrogens (tertiary/aromatic N) is 2. The SMILES string of the molecule is O/N=C1/CCC=CCC[C@@H]1N1CC[C@@H]2CCCC[C@@H]2C1. The summed E-state index contributed by atoms with van der Waals surface area (Å²) in [6.07, 6.45) is 15.8. The monoisotopic (exact) mass is 276 g/mol. The van der Waals surface area contributed by atoms with Crippen molar-refractivity contribution >= 4 is 5.71 Å². The topological polar surface area (TPSA) is 35.8 Å². The molecule has 0 bridgehead atoms. The third-order valence-corrected chi connectivity index (χ3v) is 5.62. The van der Waals surface area contributed by atoms with Crippen LogP contribution in [0.2, 0.25) is 0 Å². The number of likely N-dealkylation sites (tertiary alicyclic amines) is 1. The fourth-order valence-corrected chi connectivity index (χ4v) is 4.48. The Labute approximate surface area is 122 Å². The molecule has 20 heavy (non-hydrogen) atoms. The average Bonchev–Trinajstić information content (AvgIpc) is 2.47. The van der Waals surface area contributed by atoms with Crippen molar-refractivity contribution in [2.75, 3.05) is 13.1 Å². The van der Waals surface area contributed by atoms with Gasteiger partial charge in [-0.15, -0.1) is 0 Å². The highest BCUT2D eigenvalue weighted by atomic mass is 16.4. The van der Waals surface area contributed by atoms with E-state index < -0.39 is 0 Å². The molecule has 112 valence electrons. The van der Waals surface area contributed by atoms with Crippen LogP contribution in [-0.2, 0) is 0 Å². The highest BCUT2D eigenvalue weighted by Crippen LogP contribution is 2.37. The summed E-state index contributed by atoms with van der Waals surface area (Å²) in [6, 6.07) is 0.382. The van der Waals surface area contributed by atoms with E-state index >= 15 is 0 Å². The van der Waals surface area contributed by atoms with Crippen molar-refractivity contribution in [3.8, 4) is 0 Å². The second-order valence-electron chi connectivity index (χ2n) is 6.78. The van der Waals surface area contributed by atoms with Gasteiger partial charge < -0.3 is 5.21 Å². The van der Waals surface area contributed by atoms with E-state index in [9.17, 15) is 5.21 Å². The summed E-state index contributed by atoms with van der Waals surface area (Å²) in [7, 11) is 0. The van der Waals surface area contributed by atoms with Crippen LogP contribution in [0.25, 0.3) is 0 Å². The molecule has 1 heterocycles. The molecule has 0 amide bonds. The van der Waals surface area contributed by atoms with Crippen LogP contribution in [0.1, 0.15) is 57.8 Å². The zero-order valence-electron chi connectivity index (χ0n) is 12.5. The van der Waals surface area contributed by atoms with Gasteiger partial charge in [0.2, 0.25) is 0 Å². The number of oxime groups is 1. The first-order valence-electron chi connectivity index (χ1n) is 8.48. The Hall–Kier alpha value is -0.830. The molecule has 1 saturated carbocycles. The molecule has 3 rings (SSSR count). The van der Waals surface area contributed by atoms with Gasteiger partial charge in [0.15, 0.2) is 0 Å². The van der Waals surface area contributed by atoms with Gasteiger partial charge in [0.1, 0.15) is 0 Å². The predicted molar refractivity (Wildman–Crippen MR) is 82.3 cm³/mol. The lowest BCUT2D eigenvalue weighted by Gasteiger charge is -2.44. The van der Waals surface area contributed by atoms with Crippen LogP contribution in [0.4, 0.5) is 0 Å². The van der Waals surface area contributed by atoms with E-state index in [1.54, 1.807) is 0 Å². The third kappa shape index (κ3) is 3.08. The molecule has 3 nitrogen and oxygen atoms in total. The Morgan fingerprint density at radius 1 is 1.00 bits per heavy atom. The molecule has 0 spiro atoms. The maximum absolute atomic E-state index is 9.38. The highest BCUT2D eigenvalue weighted by Gasteiger charge is 2.35. The molecular formula is C17H28N2O. The minimum absolute atomic E-state index is 0.382. The fraction of sp³-hybridized carbons (Fsp3) is 0.824. The molecule has 3 heteroatoms. The first-order valence-corrected chi connectivity index (χ1v) is 8.48. The normalized spacial score (nSPS) is 38.2. The summed E-state index contributed by atoms with van der Waals surface area (Å²) in [5, 5.41) is 13.0. The second-order valence-corrected chi connectivity index (χ2v) is 6.78. The number of hydrogen-bond acceptors (Lipinski definition) is 3. The van der Waals surface area contributed by atoms with E-state index in [2.05, 4.69) is 22.2 Å². The molecule has 1 aliphatic heterocycles. The number of fused-ring (bicyclic) bond motifs is 1. The van der Waals surface area contributed by atoms with Gasteiger partial charge in [-0.3, -0.25) is 4.90 Å². The van der Waals surface area contributed by atoms with Gasteiger partial charge in [-0.2, -0.15) is 0 Å². The van der Waals surface area contributed by atoms with Crippen molar-refractivity contribution in [3.05, 3.63) is 12.2 Å². The number of hydrogen-bond donors (Lipinski definition) is 1. The van der Waals surface area contributed by atoms with E-state index in [0.717, 1.165) is 43.2 Å². The number of allylic oxidation sites excluding steroid dienone is 2. The molecule has 0 unspecified atom stereocenters. The Kier molecular flexibility index (Phi) is 4.77. The van der Waals surface area contributed by atoms with Crippen LogP contribution in [0, 0.1) is 11.8 Å². The Balaban J connectivity index is 1.68. The number of rotatable bonds is 1. The van der Waals surface area contributed by atoms with Gasteiger partial charge in [0.05, 0.1) is 11.8 Å². The van der Waals surface area contributed by atoms with Crippen LogP contribution < -0.4 is 0 Å². The Morgan fingerprint density at radius 2 is 1.80 bits per heavy atom. The largest absolute Gasteiger partial charge is 0.411 e. The summed E-state index contributed by atoms with van der Waals surface area (Å²) < 4.78 is 0. The second kappa shape index (κ2) is 6.75. The van der Waals surface area contributed by atoms with E-state index in [1.165, 1.54) is 45.2 Å². The van der Waals surface area contributed by atoms with Crippen molar-refractivity contribution in [1.29, 1.82) is 0 Å². The summed E-state index contributed by atoms with van der Waals surface area (Å²) in [6.45, 7) is 2.44. The molecule has 1 N–H and O–H groups in total. The minimum atomic E-state index is 0.382. The summed E-state index contributed by atoms with van der Waals surface area (Å²) in [4.78, 5) is 2.63. The van der Waals surface area contributed by atoms with E-state index in [-0.39, 0.29) is 0 Å². The van der Waals surface area contributed by atoms with Crippen molar-refractivity contribution in [3.63, 3.8) is 0 Å². The smallest absolute Gasteiger partial charge is 0.0745 e. The fourth-order valence-electron chi connectivity index (χ4n) is 4.48. The zero-order chi connectivity index (χ0) is 13.8. The molecule has 0 aromatic rings. The third-order valence-electron chi connectivity index (χ3n) is 5.62. The highest BCUT2D eigenvalue weighted by molar-refractivity contribution is 5.89. The lowest BCUT2D eigenvalue weighted by Crippen LogP contribution is -2.49. The molecule has 0 aromatic carbocycles. The van der Waals surface area contributed by atoms with Gasteiger partial charge in [0, 0.05) is 6.54 Å².